The van der Waals surface area contributed by atoms with Crippen LogP contribution in [0.25, 0.3) is 22.2 Å². The zero-order chi connectivity index (χ0) is 42.3. The molecular formula is C46H47N7O6S. The van der Waals surface area contributed by atoms with Gasteiger partial charge in [-0.2, -0.15) is 0 Å². The number of amides is 3. The Bertz CT molecular complexity index is 2560. The number of aromatic nitrogens is 3. The number of nitrogens with zero attached hydrogens (tertiary/aromatic N) is 4. The number of thioether (sulfide) groups is 1. The van der Waals surface area contributed by atoms with Crippen LogP contribution in [0.2, 0.25) is 0 Å². The van der Waals surface area contributed by atoms with Crippen molar-refractivity contribution in [2.24, 2.45) is 0 Å². The van der Waals surface area contributed by atoms with E-state index in [4.69, 9.17) is 19.4 Å². The van der Waals surface area contributed by atoms with E-state index in [1.807, 2.05) is 61.6 Å². The minimum absolute atomic E-state index is 0.213. The van der Waals surface area contributed by atoms with E-state index < -0.39 is 5.25 Å². The fraction of sp³-hybridized carbons (Fsp3) is 0.261. The van der Waals surface area contributed by atoms with Crippen LogP contribution in [0, 0.1) is 6.92 Å². The molecule has 3 N–H and O–H groups in total. The molecule has 7 rings (SSSR count). The maximum Gasteiger partial charge on any atom is 0.338 e. The number of imide groups is 1. The predicted molar refractivity (Wildman–Crippen MR) is 236 cm³/mol. The molecule has 2 aromatic heterocycles. The Morgan fingerprint density at radius 1 is 0.933 bits per heavy atom. The minimum Gasteiger partial charge on any atom is -0.484 e. The molecule has 0 aliphatic carbocycles. The number of pyridine rings is 1. The smallest absolute Gasteiger partial charge is 0.338 e. The molecule has 1 atom stereocenters. The molecule has 13 nitrogen and oxygen atoms in total. The first kappa shape index (κ1) is 41.5. The van der Waals surface area contributed by atoms with E-state index >= 15 is 0 Å². The Labute approximate surface area is 352 Å². The molecule has 1 fully saturated rings. The number of hydrogen-bond donors (Lipinski definition) is 3. The van der Waals surface area contributed by atoms with Crippen molar-refractivity contribution in [2.75, 3.05) is 43.3 Å². The van der Waals surface area contributed by atoms with E-state index in [0.717, 1.165) is 80.7 Å². The van der Waals surface area contributed by atoms with Gasteiger partial charge in [-0.3, -0.25) is 19.7 Å². The molecule has 6 aromatic rings. The number of anilines is 3. The zero-order valence-electron chi connectivity index (χ0n) is 34.2. The van der Waals surface area contributed by atoms with Crippen molar-refractivity contribution in [3.8, 4) is 16.9 Å². The number of aryl methyl sites for hydroxylation is 2. The van der Waals surface area contributed by atoms with Crippen LogP contribution in [0.5, 0.6) is 5.75 Å². The van der Waals surface area contributed by atoms with Crippen LogP contribution in [-0.4, -0.2) is 70.6 Å². The largest absolute Gasteiger partial charge is 0.484 e. The third-order valence-corrected chi connectivity index (χ3v) is 11.3. The van der Waals surface area contributed by atoms with Gasteiger partial charge >= 0.3 is 5.97 Å². The second-order valence-corrected chi connectivity index (χ2v) is 15.8. The molecule has 3 heterocycles. The fourth-order valence-electron chi connectivity index (χ4n) is 7.30. The van der Waals surface area contributed by atoms with E-state index in [1.54, 1.807) is 25.2 Å². The summed E-state index contributed by atoms with van der Waals surface area (Å²) in [5, 5.41) is 7.51. The first-order chi connectivity index (χ1) is 29.0. The lowest BCUT2D eigenvalue weighted by molar-refractivity contribution is -0.119. The number of rotatable bonds is 16. The van der Waals surface area contributed by atoms with E-state index in [0.29, 0.717) is 42.3 Å². The maximum atomic E-state index is 12.9. The average Bonchev–Trinajstić information content (AvgIpc) is 3.76. The monoisotopic (exact) mass is 825 g/mol. The van der Waals surface area contributed by atoms with Crippen molar-refractivity contribution in [3.63, 3.8) is 0 Å². The van der Waals surface area contributed by atoms with Gasteiger partial charge in [0, 0.05) is 33.6 Å². The molecule has 1 aliphatic rings. The standard InChI is InChI=1S/C46H47N7O6S/c1-6-9-40-49-42-28(2)22-31(23-37(42)53(40)26-30-12-16-32(17-13-30)34-10-7-8-11-35(34)45(56)58-5)25-52(4)39-21-20-36(43(47-3)50-39)48-41(54)27-59-33-18-14-29(15-19-33)24-38-44(55)51-46(57)60-38/h7-8,10-23,38H,6,9,24-27H2,1-5H3,(H,47,50)(H,48,54)(H,51,55,57). The fourth-order valence-corrected chi connectivity index (χ4v) is 8.16. The summed E-state index contributed by atoms with van der Waals surface area (Å²) in [5.74, 6) is 1.78. The minimum atomic E-state index is -0.450. The second-order valence-electron chi connectivity index (χ2n) is 14.6. The van der Waals surface area contributed by atoms with Crippen molar-refractivity contribution in [1.82, 2.24) is 19.9 Å². The van der Waals surface area contributed by atoms with Gasteiger partial charge in [-0.15, -0.1) is 0 Å². The highest BCUT2D eigenvalue weighted by Gasteiger charge is 2.31. The van der Waals surface area contributed by atoms with Crippen LogP contribution >= 0.6 is 11.8 Å². The summed E-state index contributed by atoms with van der Waals surface area (Å²) < 4.78 is 13.0. The van der Waals surface area contributed by atoms with Crippen molar-refractivity contribution in [3.05, 3.63) is 131 Å². The molecule has 0 radical (unpaired) electrons. The van der Waals surface area contributed by atoms with Gasteiger partial charge in [0.1, 0.15) is 17.4 Å². The van der Waals surface area contributed by atoms with Gasteiger partial charge in [0.2, 0.25) is 5.91 Å². The number of nitrogens with one attached hydrogen (secondary N) is 3. The highest BCUT2D eigenvalue weighted by Crippen LogP contribution is 2.30. The molecule has 14 heteroatoms. The maximum absolute atomic E-state index is 12.9. The van der Waals surface area contributed by atoms with Crippen molar-refractivity contribution in [1.29, 1.82) is 0 Å². The lowest BCUT2D eigenvalue weighted by atomic mass is 9.98. The summed E-state index contributed by atoms with van der Waals surface area (Å²) in [4.78, 5) is 60.7. The third-order valence-electron chi connectivity index (χ3n) is 10.3. The predicted octanol–water partition coefficient (Wildman–Crippen LogP) is 7.78. The summed E-state index contributed by atoms with van der Waals surface area (Å²) in [6, 6.07) is 30.9. The van der Waals surface area contributed by atoms with Gasteiger partial charge in [0.05, 0.1) is 34.6 Å². The molecule has 3 amide bonds. The highest BCUT2D eigenvalue weighted by atomic mass is 32.2. The van der Waals surface area contributed by atoms with Crippen LogP contribution in [0.3, 0.4) is 0 Å². The Kier molecular flexibility index (Phi) is 12.8. The van der Waals surface area contributed by atoms with Crippen molar-refractivity contribution >= 4 is 63.1 Å². The second kappa shape index (κ2) is 18.5. The first-order valence-corrected chi connectivity index (χ1v) is 20.6. The molecule has 1 saturated heterocycles. The topological polar surface area (TPSA) is 157 Å². The van der Waals surface area contributed by atoms with Crippen LogP contribution in [0.15, 0.2) is 97.1 Å². The SMILES string of the molecule is CCCc1nc2c(C)cc(CN(C)c3ccc(NC(=O)COc4ccc(CC5SC(=O)NC5=O)cc4)c(NC)n3)cc2n1Cc1ccc(-c2ccccc2C(=O)OC)cc1. The molecule has 4 aromatic carbocycles. The molecule has 0 saturated carbocycles. The molecule has 1 aliphatic heterocycles. The Balaban J connectivity index is 1.01. The van der Waals surface area contributed by atoms with Crippen LogP contribution in [-0.2, 0) is 40.3 Å². The molecule has 0 spiro atoms. The summed E-state index contributed by atoms with van der Waals surface area (Å²) in [7, 11) is 5.13. The number of hydrogen-bond acceptors (Lipinski definition) is 11. The Hall–Kier alpha value is -6.67. The number of carbonyl (C=O) groups excluding carboxylic acids is 4. The molecule has 308 valence electrons. The first-order valence-electron chi connectivity index (χ1n) is 19.7. The van der Waals surface area contributed by atoms with Gasteiger partial charge in [0.15, 0.2) is 12.4 Å². The summed E-state index contributed by atoms with van der Waals surface area (Å²) in [6.45, 7) is 5.27. The number of benzene rings is 4. The third kappa shape index (κ3) is 9.45. The number of fused-ring (bicyclic) bond motifs is 1. The van der Waals surface area contributed by atoms with Gasteiger partial charge in [-0.25, -0.2) is 14.8 Å². The van der Waals surface area contributed by atoms with Crippen LogP contribution < -0.4 is 25.6 Å². The average molecular weight is 826 g/mol. The highest BCUT2D eigenvalue weighted by molar-refractivity contribution is 8.15. The van der Waals surface area contributed by atoms with Crippen molar-refractivity contribution < 1.29 is 28.7 Å². The summed E-state index contributed by atoms with van der Waals surface area (Å²) in [6.07, 6.45) is 2.23. The van der Waals surface area contributed by atoms with E-state index in [9.17, 15) is 19.2 Å². The number of ether oxygens (including phenoxy) is 2. The number of carbonyl (C=O) groups is 4. The van der Waals surface area contributed by atoms with Gasteiger partial charge in [-0.05, 0) is 89.5 Å². The summed E-state index contributed by atoms with van der Waals surface area (Å²) >= 11 is 0.989. The van der Waals surface area contributed by atoms with E-state index in [1.165, 1.54) is 7.11 Å². The molecule has 0 bridgehead atoms. The lowest BCUT2D eigenvalue weighted by Crippen LogP contribution is -2.25. The van der Waals surface area contributed by atoms with Gasteiger partial charge < -0.3 is 29.6 Å². The quantitative estimate of drug-likeness (QED) is 0.0819. The van der Waals surface area contributed by atoms with Crippen LogP contribution in [0.1, 0.15) is 51.8 Å². The Morgan fingerprint density at radius 2 is 1.68 bits per heavy atom. The Morgan fingerprint density at radius 3 is 2.38 bits per heavy atom. The molecule has 1 unspecified atom stereocenters. The zero-order valence-corrected chi connectivity index (χ0v) is 35.0. The number of imidazole rings is 1. The molecule has 60 heavy (non-hydrogen) atoms. The molecular weight excluding hydrogens is 779 g/mol. The number of methoxy groups -OCH3 is 1. The van der Waals surface area contributed by atoms with Gasteiger partial charge in [0.25, 0.3) is 11.1 Å². The van der Waals surface area contributed by atoms with Crippen LogP contribution in [0.4, 0.5) is 22.1 Å². The van der Waals surface area contributed by atoms with Gasteiger partial charge in [-0.1, -0.05) is 79.3 Å². The summed E-state index contributed by atoms with van der Waals surface area (Å²) in [5.41, 5.74) is 9.07. The number of esters is 1. The van der Waals surface area contributed by atoms with E-state index in [-0.39, 0.29) is 29.6 Å². The van der Waals surface area contributed by atoms with Crippen molar-refractivity contribution in [2.45, 2.75) is 51.4 Å². The normalized spacial score (nSPS) is 13.6. The lowest BCUT2D eigenvalue weighted by Gasteiger charge is -2.21. The van der Waals surface area contributed by atoms with E-state index in [2.05, 4.69) is 63.5 Å².